The van der Waals surface area contributed by atoms with Crippen molar-refractivity contribution in [2.45, 2.75) is 27.3 Å². The van der Waals surface area contributed by atoms with Gasteiger partial charge in [-0.3, -0.25) is 24.6 Å². The molecular formula is C30H26N4O3S. The van der Waals surface area contributed by atoms with Crippen LogP contribution in [-0.2, 0) is 20.9 Å². The van der Waals surface area contributed by atoms with E-state index in [1.807, 2.05) is 86.0 Å². The Bertz CT molecular complexity index is 1650. The van der Waals surface area contributed by atoms with Crippen LogP contribution in [-0.4, -0.2) is 27.4 Å². The molecule has 3 amide bonds. The molecule has 1 aliphatic heterocycles. The highest BCUT2D eigenvalue weighted by Gasteiger charge is 2.35. The molecule has 1 aliphatic rings. The van der Waals surface area contributed by atoms with Crippen LogP contribution in [0.5, 0.6) is 0 Å². The second-order valence-corrected chi connectivity index (χ2v) is 9.71. The Morgan fingerprint density at radius 2 is 1.71 bits per heavy atom. The van der Waals surface area contributed by atoms with Gasteiger partial charge in [-0.05, 0) is 74.5 Å². The number of aromatic nitrogens is 1. The Kier molecular flexibility index (Phi) is 6.65. The molecule has 2 heterocycles. The first-order valence-electron chi connectivity index (χ1n) is 12.1. The zero-order valence-corrected chi connectivity index (χ0v) is 22.1. The lowest BCUT2D eigenvalue weighted by Gasteiger charge is -2.30. The third-order valence-electron chi connectivity index (χ3n) is 6.69. The Balaban J connectivity index is 1.49. The summed E-state index contributed by atoms with van der Waals surface area (Å²) in [7, 11) is 0. The van der Waals surface area contributed by atoms with Gasteiger partial charge < -0.3 is 9.88 Å². The summed E-state index contributed by atoms with van der Waals surface area (Å²) in [5, 5.41) is 6.42. The quantitative estimate of drug-likeness (QED) is 0.219. The summed E-state index contributed by atoms with van der Waals surface area (Å²) in [6.07, 6.45) is 3.34. The van der Waals surface area contributed by atoms with Crippen molar-refractivity contribution in [3.63, 3.8) is 0 Å². The van der Waals surface area contributed by atoms with Gasteiger partial charge in [0.1, 0.15) is 12.1 Å². The summed E-state index contributed by atoms with van der Waals surface area (Å²) < 4.78 is 1.81. The molecule has 4 aromatic rings. The van der Waals surface area contributed by atoms with Gasteiger partial charge in [0.15, 0.2) is 5.11 Å². The Morgan fingerprint density at radius 3 is 2.47 bits per heavy atom. The number of amides is 3. The van der Waals surface area contributed by atoms with Crippen molar-refractivity contribution in [2.75, 3.05) is 10.2 Å². The summed E-state index contributed by atoms with van der Waals surface area (Å²) in [5.74, 6) is -1.25. The van der Waals surface area contributed by atoms with Gasteiger partial charge in [-0.2, -0.15) is 0 Å². The van der Waals surface area contributed by atoms with Crippen molar-refractivity contribution in [2.24, 2.45) is 0 Å². The molecule has 8 heteroatoms. The molecule has 0 unspecified atom stereocenters. The van der Waals surface area contributed by atoms with Crippen molar-refractivity contribution in [1.82, 2.24) is 9.88 Å². The van der Waals surface area contributed by atoms with Crippen LogP contribution in [0.15, 0.2) is 78.5 Å². The first kappa shape index (κ1) is 25.1. The number of thiocarbonyl (C=S) groups is 1. The number of carbonyl (C=O) groups is 3. The molecule has 0 radical (unpaired) electrons. The Hall–Kier alpha value is -4.56. The number of nitrogens with one attached hydrogen (secondary N) is 2. The first-order valence-corrected chi connectivity index (χ1v) is 12.6. The normalized spacial score (nSPS) is 14.8. The van der Waals surface area contributed by atoms with Gasteiger partial charge in [0, 0.05) is 28.4 Å². The van der Waals surface area contributed by atoms with Gasteiger partial charge in [0.25, 0.3) is 11.8 Å². The molecule has 0 atom stereocenters. The van der Waals surface area contributed by atoms with Crippen LogP contribution >= 0.6 is 12.2 Å². The minimum atomic E-state index is -0.560. The molecule has 1 aromatic heterocycles. The Labute approximate surface area is 225 Å². The van der Waals surface area contributed by atoms with E-state index in [-0.39, 0.29) is 23.1 Å². The van der Waals surface area contributed by atoms with Crippen LogP contribution in [0, 0.1) is 20.8 Å². The minimum absolute atomic E-state index is 0.0356. The molecule has 0 saturated carbocycles. The number of rotatable bonds is 5. The molecule has 1 saturated heterocycles. The molecule has 0 spiro atoms. The summed E-state index contributed by atoms with van der Waals surface area (Å²) in [6.45, 7) is 5.92. The van der Waals surface area contributed by atoms with E-state index in [9.17, 15) is 14.4 Å². The number of benzene rings is 3. The SMILES string of the molecule is Cc1ccc(NC(=O)Cn2cc(/C=C3\C(=O)NC(=S)N(c4cccc(C)c4C)C3=O)c3ccccc32)cc1. The summed E-state index contributed by atoms with van der Waals surface area (Å²) in [4.78, 5) is 40.7. The molecule has 2 N–H and O–H groups in total. The maximum Gasteiger partial charge on any atom is 0.270 e. The number of hydrogen-bond donors (Lipinski definition) is 2. The average Bonchev–Trinajstić information content (AvgIpc) is 3.22. The number of para-hydroxylation sites is 1. The third kappa shape index (κ3) is 4.73. The number of anilines is 2. The maximum atomic E-state index is 13.6. The second-order valence-electron chi connectivity index (χ2n) is 9.32. The molecule has 38 heavy (non-hydrogen) atoms. The number of nitrogens with zero attached hydrogens (tertiary/aromatic N) is 2. The Morgan fingerprint density at radius 1 is 0.974 bits per heavy atom. The standard InChI is InChI=1S/C30H26N4O3S/c1-18-11-13-22(14-12-18)31-27(35)17-33-16-21(23-8-4-5-9-26(23)33)15-24-28(36)32-30(38)34(29(24)37)25-10-6-7-19(2)20(25)3/h4-16H,17H2,1-3H3,(H,31,35)(H,32,36,38)/b24-15+. The number of hydrogen-bond acceptors (Lipinski definition) is 4. The fourth-order valence-corrected chi connectivity index (χ4v) is 4.80. The maximum absolute atomic E-state index is 13.6. The van der Waals surface area contributed by atoms with E-state index in [1.165, 1.54) is 4.90 Å². The third-order valence-corrected chi connectivity index (χ3v) is 6.97. The van der Waals surface area contributed by atoms with Gasteiger partial charge in [-0.25, -0.2) is 0 Å². The summed E-state index contributed by atoms with van der Waals surface area (Å²) in [5.41, 5.74) is 5.77. The van der Waals surface area contributed by atoms with Crippen molar-refractivity contribution in [3.05, 3.63) is 101 Å². The van der Waals surface area contributed by atoms with Crippen molar-refractivity contribution in [3.8, 4) is 0 Å². The predicted octanol–water partition coefficient (Wildman–Crippen LogP) is 5.04. The zero-order chi connectivity index (χ0) is 27.0. The molecule has 190 valence electrons. The molecule has 3 aromatic carbocycles. The molecule has 0 aliphatic carbocycles. The van der Waals surface area contributed by atoms with E-state index in [2.05, 4.69) is 10.6 Å². The lowest BCUT2D eigenvalue weighted by molar-refractivity contribution is -0.122. The van der Waals surface area contributed by atoms with Crippen LogP contribution in [0.2, 0.25) is 0 Å². The first-order chi connectivity index (χ1) is 18.2. The van der Waals surface area contributed by atoms with E-state index >= 15 is 0 Å². The fraction of sp³-hybridized carbons (Fsp3) is 0.133. The molecular weight excluding hydrogens is 496 g/mol. The van der Waals surface area contributed by atoms with Crippen molar-refractivity contribution in [1.29, 1.82) is 0 Å². The highest BCUT2D eigenvalue weighted by molar-refractivity contribution is 7.80. The van der Waals surface area contributed by atoms with Gasteiger partial charge in [0.2, 0.25) is 5.91 Å². The molecule has 7 nitrogen and oxygen atoms in total. The summed E-state index contributed by atoms with van der Waals surface area (Å²) >= 11 is 5.37. The van der Waals surface area contributed by atoms with Gasteiger partial charge in [-0.1, -0.05) is 48.0 Å². The smallest absolute Gasteiger partial charge is 0.270 e. The van der Waals surface area contributed by atoms with Crippen molar-refractivity contribution < 1.29 is 14.4 Å². The number of aryl methyl sites for hydroxylation is 2. The zero-order valence-electron chi connectivity index (χ0n) is 21.2. The minimum Gasteiger partial charge on any atom is -0.337 e. The van der Waals surface area contributed by atoms with Gasteiger partial charge >= 0.3 is 0 Å². The predicted molar refractivity (Wildman–Crippen MR) is 154 cm³/mol. The summed E-state index contributed by atoms with van der Waals surface area (Å²) in [6, 6.07) is 20.7. The molecule has 5 rings (SSSR count). The van der Waals surface area contributed by atoms with E-state index in [0.717, 1.165) is 27.6 Å². The highest BCUT2D eigenvalue weighted by Crippen LogP contribution is 2.29. The monoisotopic (exact) mass is 522 g/mol. The van der Waals surface area contributed by atoms with Gasteiger partial charge in [0.05, 0.1) is 5.69 Å². The van der Waals surface area contributed by atoms with E-state index in [1.54, 1.807) is 18.3 Å². The van der Waals surface area contributed by atoms with Crippen LogP contribution < -0.4 is 15.5 Å². The largest absolute Gasteiger partial charge is 0.337 e. The number of carbonyl (C=O) groups excluding carboxylic acids is 3. The van der Waals surface area contributed by atoms with E-state index in [4.69, 9.17) is 12.2 Å². The lowest BCUT2D eigenvalue weighted by atomic mass is 10.0. The highest BCUT2D eigenvalue weighted by atomic mass is 32.1. The van der Waals surface area contributed by atoms with E-state index < -0.39 is 11.8 Å². The fourth-order valence-electron chi connectivity index (χ4n) is 4.52. The molecule has 0 bridgehead atoms. The van der Waals surface area contributed by atoms with Crippen molar-refractivity contribution >= 4 is 63.4 Å². The van der Waals surface area contributed by atoms with Gasteiger partial charge in [-0.15, -0.1) is 0 Å². The molecule has 1 fully saturated rings. The number of fused-ring (bicyclic) bond motifs is 1. The topological polar surface area (TPSA) is 83.4 Å². The van der Waals surface area contributed by atoms with Crippen LogP contribution in [0.1, 0.15) is 22.3 Å². The average molecular weight is 523 g/mol. The lowest BCUT2D eigenvalue weighted by Crippen LogP contribution is -2.54. The second kappa shape index (κ2) is 10.1. The van der Waals surface area contributed by atoms with Crippen LogP contribution in [0.4, 0.5) is 11.4 Å². The van der Waals surface area contributed by atoms with Crippen LogP contribution in [0.25, 0.3) is 17.0 Å². The van der Waals surface area contributed by atoms with E-state index in [0.29, 0.717) is 16.9 Å². The van der Waals surface area contributed by atoms with Crippen LogP contribution in [0.3, 0.4) is 0 Å².